The van der Waals surface area contributed by atoms with Gasteiger partial charge in [-0.1, -0.05) is 179 Å². The summed E-state index contributed by atoms with van der Waals surface area (Å²) in [4.78, 5) is 155. The molecule has 28 nitrogen and oxygen atoms in total. The zero-order valence-corrected chi connectivity index (χ0v) is 76.2. The smallest absolute Gasteiger partial charge is 0.347 e. The Bertz CT molecular complexity index is 4360. The monoisotopic (exact) mass is 1750 g/mol. The minimum Gasteiger partial charge on any atom is -0.495 e. The number of methoxy groups -OCH3 is 2. The van der Waals surface area contributed by atoms with Gasteiger partial charge in [-0.25, -0.2) is 9.59 Å². The van der Waals surface area contributed by atoms with E-state index < -0.39 is 113 Å². The molecule has 0 aromatic heterocycles. The predicted octanol–water partition coefficient (Wildman–Crippen LogP) is 11.9. The van der Waals surface area contributed by atoms with Crippen LogP contribution in [0.1, 0.15) is 202 Å². The molecule has 16 atom stereocenters. The minimum atomic E-state index is -1.24. The highest BCUT2D eigenvalue weighted by molar-refractivity contribution is 6.32. The fourth-order valence-corrected chi connectivity index (χ4v) is 13.8. The molecule has 2 saturated heterocycles. The molecule has 4 heterocycles. The van der Waals surface area contributed by atoms with Crippen molar-refractivity contribution in [2.45, 2.75) is 256 Å². The second-order valence-electron chi connectivity index (χ2n) is 35.2. The van der Waals surface area contributed by atoms with Crippen LogP contribution in [0.5, 0.6) is 11.5 Å². The number of esters is 4. The van der Waals surface area contributed by atoms with Crippen LogP contribution in [-0.4, -0.2) is 164 Å². The van der Waals surface area contributed by atoms with Gasteiger partial charge in [0, 0.05) is 75.4 Å². The Morgan fingerprint density at radius 1 is 0.520 bits per heavy atom. The molecule has 2 fully saturated rings. The van der Waals surface area contributed by atoms with E-state index in [9.17, 15) is 57.5 Å². The molecule has 4 aromatic carbocycles. The zero-order valence-electron chi connectivity index (χ0n) is 74.7. The van der Waals surface area contributed by atoms with Gasteiger partial charge in [-0.3, -0.25) is 47.9 Å². The fraction of sp³-hybridized carbons (Fsp3) is 0.570. The maximum Gasteiger partial charge on any atom is 0.347 e. The predicted molar refractivity (Wildman–Crippen MR) is 465 cm³/mol. The van der Waals surface area contributed by atoms with E-state index in [1.807, 2.05) is 125 Å². The van der Waals surface area contributed by atoms with Gasteiger partial charge in [-0.05, 0) is 154 Å². The van der Waals surface area contributed by atoms with Crippen LogP contribution < -0.4 is 47.1 Å². The number of ether oxygens (including phenoxy) is 8. The molecule has 676 valence electrons. The van der Waals surface area contributed by atoms with Crippen LogP contribution in [-0.2, 0) is 112 Å². The number of rotatable bonds is 28. The van der Waals surface area contributed by atoms with Crippen molar-refractivity contribution in [1.82, 2.24) is 31.9 Å². The second kappa shape index (κ2) is 47.4. The Hall–Kier alpha value is -9.74. The number of carbonyl (C=O) groups is 12. The van der Waals surface area contributed by atoms with Crippen molar-refractivity contribution in [2.24, 2.45) is 63.9 Å². The van der Waals surface area contributed by atoms with E-state index in [-0.39, 0.29) is 147 Å². The highest BCUT2D eigenvalue weighted by atomic mass is 35.5. The molecular formula is C93H129Cl2N7O21. The van der Waals surface area contributed by atoms with Crippen molar-refractivity contribution in [3.05, 3.63) is 153 Å². The molecule has 0 spiro atoms. The van der Waals surface area contributed by atoms with Gasteiger partial charge in [-0.2, -0.15) is 0 Å². The lowest BCUT2D eigenvalue weighted by atomic mass is 9.92. The van der Waals surface area contributed by atoms with Gasteiger partial charge in [0.05, 0.1) is 53.3 Å². The first-order valence-electron chi connectivity index (χ1n) is 42.3. The van der Waals surface area contributed by atoms with E-state index in [0.717, 1.165) is 22.3 Å². The summed E-state index contributed by atoms with van der Waals surface area (Å²) in [6, 6.07) is 22.5. The third-order valence-electron chi connectivity index (χ3n) is 22.5. The molecule has 0 saturated carbocycles. The van der Waals surface area contributed by atoms with E-state index in [1.54, 1.807) is 90.1 Å². The third kappa shape index (κ3) is 31.8. The van der Waals surface area contributed by atoms with Crippen LogP contribution in [0.25, 0.3) is 0 Å². The molecule has 0 aliphatic carbocycles. The molecule has 6 amide bonds. The van der Waals surface area contributed by atoms with E-state index in [4.69, 9.17) is 71.9 Å². The molecular weight excluding hydrogens is 1620 g/mol. The number of aliphatic carboxylic acids is 1. The molecule has 0 unspecified atom stereocenters. The molecule has 8 rings (SSSR count). The molecule has 4 aliphatic rings. The van der Waals surface area contributed by atoms with Crippen molar-refractivity contribution in [1.29, 1.82) is 0 Å². The Morgan fingerprint density at radius 3 is 1.23 bits per heavy atom. The Balaban J connectivity index is 0.000000337. The lowest BCUT2D eigenvalue weighted by Gasteiger charge is -2.29. The Morgan fingerprint density at radius 2 is 0.886 bits per heavy atom. The quantitative estimate of drug-likeness (QED) is 0.0149. The minimum absolute atomic E-state index is 0.0121. The summed E-state index contributed by atoms with van der Waals surface area (Å²) >= 11 is 12.7. The lowest BCUT2D eigenvalue weighted by Crippen LogP contribution is -2.51. The number of hydrogen-bond donors (Lipinski definition) is 8. The molecule has 0 bridgehead atoms. The molecule has 4 aliphatic heterocycles. The molecule has 4 aromatic rings. The molecule has 9 N–H and O–H groups in total. The first-order chi connectivity index (χ1) is 57.8. The normalized spacial score (nSPS) is 24.1. The van der Waals surface area contributed by atoms with Gasteiger partial charge in [0.1, 0.15) is 54.0 Å². The van der Waals surface area contributed by atoms with Crippen molar-refractivity contribution in [2.75, 3.05) is 27.3 Å². The Kier molecular flexibility index (Phi) is 39.3. The van der Waals surface area contributed by atoms with Crippen molar-refractivity contribution >= 4 is 94.3 Å². The van der Waals surface area contributed by atoms with Gasteiger partial charge in [-0.15, -0.1) is 0 Å². The highest BCUT2D eigenvalue weighted by Crippen LogP contribution is 2.47. The summed E-state index contributed by atoms with van der Waals surface area (Å²) < 4.78 is 46.5. The first kappa shape index (κ1) is 102. The second-order valence-corrected chi connectivity index (χ2v) is 36.0. The number of aryl methyl sites for hydroxylation is 1. The number of epoxide rings is 2. The molecule has 30 heteroatoms. The number of carboxylic acid groups (broad SMARTS) is 1. The van der Waals surface area contributed by atoms with Gasteiger partial charge in [0.15, 0.2) is 18.0 Å². The van der Waals surface area contributed by atoms with Crippen molar-refractivity contribution in [3.8, 4) is 11.5 Å². The van der Waals surface area contributed by atoms with E-state index in [1.165, 1.54) is 33.3 Å². The van der Waals surface area contributed by atoms with Crippen molar-refractivity contribution < 1.29 is 101 Å². The van der Waals surface area contributed by atoms with Gasteiger partial charge in [0.2, 0.25) is 35.4 Å². The number of ketones is 1. The number of hydrogen-bond acceptors (Lipinski definition) is 21. The van der Waals surface area contributed by atoms with Crippen LogP contribution in [0.2, 0.25) is 10.0 Å². The summed E-state index contributed by atoms with van der Waals surface area (Å²) in [5.41, 5.74) is 8.54. The highest BCUT2D eigenvalue weighted by Gasteiger charge is 2.50. The summed E-state index contributed by atoms with van der Waals surface area (Å²) in [7, 11) is 3.00. The molecule has 0 radical (unpaired) electrons. The fourth-order valence-electron chi connectivity index (χ4n) is 13.3. The largest absolute Gasteiger partial charge is 0.495 e. The SMILES string of the molecule is CC(C)[C@H](C)C(=O)N[C@@H](C)C(=O)O.COc1ccc(C[C@H]2NC(=O)/C=C/C[C@@H]([C@H](C)[C@H]3O[C@@H]3c3ccc(CCC(=O)[C@H](C)NC(=O)[C@@H](C)C(C)C)cc3)OC(=O)[C@H](CC(C)C)OC(=O)C(C)(C)CNC2=O)cc1Cl.COc1ccc(C[C@H]2NC(=O)/C=C/C[C@@H]([C@H](C)[C@H]3O[C@@H]3c3ccc(CN)cc3)OC(=O)[C@H](CC(C)C)OC(=O)C(C)(C)CNC2=O)cc1Cl. The number of carboxylic acids is 1. The lowest BCUT2D eigenvalue weighted by molar-refractivity contribution is -0.179. The number of nitrogens with one attached hydrogen (secondary N) is 6. The standard InChI is InChI=1S/C47H64ClN3O10.C37H48ClN3O8.C9H17NO3/c1-26(2)22-39-45(56)59-37(29(6)41-42(61-41)33-18-14-31(15-19-33)16-20-36(52)30(7)50-43(54)28(5)27(3)4)12-11-13-40(53)51-35(24-32-17-21-38(58-10)34(48)23-32)44(55)49-25-47(8,9)46(57)60-39;1-21(2)16-30-35(44)47-28(22(3)32-33(49-32)25-13-10-23(19-39)11-14-25)8-7-9-31(42)41-27(18-24-12-15-29(46-6)26(38)17-24)34(43)40-20-37(4,5)36(45)48-30;1-5(2)6(3)8(11)10-7(4)9(12)13/h11,13-15,17-19,21,23,26-30,35,37,39,41-42H,12,16,20,22,24-25H2,1-10H3,(H,49,55)(H,50,54)(H,51,53);7,9-15,17,21-22,27-28,30,32-33H,8,16,18-20,39H2,1-6H3,(H,40,43)(H,41,42);5-7H,1-4H3,(H,10,11)(H,12,13)/b13-11+;9-7+;/t28-,29-,30-,35+,37-,39-,41+,42+;22-,27+,28-,30-,32+,33+;6-,7-/m000/s1. The summed E-state index contributed by atoms with van der Waals surface area (Å²) in [6.45, 7) is 32.7. The molecule has 123 heavy (non-hydrogen) atoms. The van der Waals surface area contributed by atoms with E-state index >= 15 is 0 Å². The van der Waals surface area contributed by atoms with Gasteiger partial charge < -0.3 is 80.6 Å². The number of halogens is 2. The average molecular weight is 1750 g/mol. The van der Waals surface area contributed by atoms with Gasteiger partial charge in [0.25, 0.3) is 0 Å². The number of carbonyl (C=O) groups excluding carboxylic acids is 11. The van der Waals surface area contributed by atoms with E-state index in [2.05, 4.69) is 31.9 Å². The van der Waals surface area contributed by atoms with Crippen LogP contribution in [0, 0.1) is 58.2 Å². The van der Waals surface area contributed by atoms with E-state index in [0.29, 0.717) is 45.6 Å². The average Bonchev–Trinajstić information content (AvgIpc) is 1.64. The number of nitrogens with two attached hydrogens (primary N) is 1. The third-order valence-corrected chi connectivity index (χ3v) is 23.1. The first-order valence-corrected chi connectivity index (χ1v) is 43.1. The van der Waals surface area contributed by atoms with Crippen LogP contribution in [0.15, 0.2) is 109 Å². The van der Waals surface area contributed by atoms with Crippen LogP contribution in [0.4, 0.5) is 0 Å². The Labute approximate surface area is 733 Å². The maximum atomic E-state index is 13.8. The number of benzene rings is 4. The summed E-state index contributed by atoms with van der Waals surface area (Å²) in [5.74, 6) is -5.82. The number of cyclic esters (lactones) is 4. The van der Waals surface area contributed by atoms with Gasteiger partial charge >= 0.3 is 29.8 Å². The topological polar surface area (TPSA) is 404 Å². The number of Topliss-reactive ketones (excluding diaryl/α,β-unsaturated/α-hetero) is 1. The zero-order chi connectivity index (χ0) is 91.7. The van der Waals surface area contributed by atoms with Crippen LogP contribution in [0.3, 0.4) is 0 Å². The number of amides is 6. The summed E-state index contributed by atoms with van der Waals surface area (Å²) in [5, 5.41) is 25.6. The summed E-state index contributed by atoms with van der Waals surface area (Å²) in [6.07, 6.45) is 2.74. The van der Waals surface area contributed by atoms with Crippen molar-refractivity contribution in [3.63, 3.8) is 0 Å². The van der Waals surface area contributed by atoms with Crippen LogP contribution >= 0.6 is 23.2 Å². The maximum absolute atomic E-state index is 13.8.